The lowest BCUT2D eigenvalue weighted by Gasteiger charge is -2.36. The maximum Gasteiger partial charge on any atom is 0.408 e. The first-order valence-corrected chi connectivity index (χ1v) is 11.5. The van der Waals surface area contributed by atoms with Gasteiger partial charge in [-0.25, -0.2) is 4.79 Å². The van der Waals surface area contributed by atoms with Crippen LogP contribution in [0.5, 0.6) is 0 Å². The third kappa shape index (κ3) is 7.62. The van der Waals surface area contributed by atoms with E-state index >= 15 is 0 Å². The summed E-state index contributed by atoms with van der Waals surface area (Å²) in [5.74, 6) is -0.330. The van der Waals surface area contributed by atoms with Crippen LogP contribution in [0.25, 0.3) is 6.08 Å². The van der Waals surface area contributed by atoms with Crippen LogP contribution in [-0.4, -0.2) is 46.0 Å². The van der Waals surface area contributed by atoms with Crippen molar-refractivity contribution in [3.8, 4) is 0 Å². The molecule has 4 unspecified atom stereocenters. The number of amides is 3. The summed E-state index contributed by atoms with van der Waals surface area (Å²) in [6.07, 6.45) is 1.84. The summed E-state index contributed by atoms with van der Waals surface area (Å²) in [7, 11) is 0. The van der Waals surface area contributed by atoms with Gasteiger partial charge in [0.15, 0.2) is 0 Å². The minimum Gasteiger partial charge on any atom is -0.444 e. The quantitative estimate of drug-likeness (QED) is 0.634. The highest BCUT2D eigenvalue weighted by Crippen LogP contribution is 2.41. The molecule has 0 aromatic heterocycles. The van der Waals surface area contributed by atoms with Gasteiger partial charge in [-0.15, -0.1) is 0 Å². The number of ether oxygens (including phenoxy) is 1. The van der Waals surface area contributed by atoms with E-state index in [9.17, 15) is 14.4 Å². The maximum absolute atomic E-state index is 13.7. The van der Waals surface area contributed by atoms with Crippen LogP contribution in [0.2, 0.25) is 0 Å². The molecule has 182 valence electrons. The van der Waals surface area contributed by atoms with E-state index in [0.717, 1.165) is 12.0 Å². The predicted molar refractivity (Wildman–Crippen MR) is 130 cm³/mol. The molecule has 0 heterocycles. The van der Waals surface area contributed by atoms with Crippen molar-refractivity contribution in [2.45, 2.75) is 91.1 Å². The molecule has 0 aliphatic heterocycles. The van der Waals surface area contributed by atoms with Crippen LogP contribution >= 0.6 is 0 Å². The number of nitrogens with zero attached hydrogens (tertiary/aromatic N) is 1. The second-order valence-corrected chi connectivity index (χ2v) is 10.9. The number of benzene rings is 1. The maximum atomic E-state index is 13.7. The van der Waals surface area contributed by atoms with Gasteiger partial charge < -0.3 is 20.3 Å². The molecule has 1 aliphatic carbocycles. The predicted octanol–water partition coefficient (Wildman–Crippen LogP) is 4.44. The third-order valence-corrected chi connectivity index (χ3v) is 5.27. The Bertz CT molecular complexity index is 898. The van der Waals surface area contributed by atoms with Crippen LogP contribution in [0, 0.1) is 5.92 Å². The number of hydrogen-bond donors (Lipinski definition) is 2. The fraction of sp³-hybridized carbons (Fsp3) is 0.577. The Morgan fingerprint density at radius 1 is 1.18 bits per heavy atom. The van der Waals surface area contributed by atoms with Gasteiger partial charge >= 0.3 is 6.09 Å². The van der Waals surface area contributed by atoms with Crippen LogP contribution < -0.4 is 10.6 Å². The smallest absolute Gasteiger partial charge is 0.408 e. The van der Waals surface area contributed by atoms with Crippen molar-refractivity contribution in [2.24, 2.45) is 5.92 Å². The van der Waals surface area contributed by atoms with E-state index in [-0.39, 0.29) is 23.8 Å². The van der Waals surface area contributed by atoms with Gasteiger partial charge in [0, 0.05) is 11.6 Å². The lowest BCUT2D eigenvalue weighted by Crippen LogP contribution is -2.54. The van der Waals surface area contributed by atoms with Gasteiger partial charge in [0.25, 0.3) is 0 Å². The van der Waals surface area contributed by atoms with Crippen molar-refractivity contribution in [3.05, 3.63) is 42.0 Å². The van der Waals surface area contributed by atoms with E-state index in [2.05, 4.69) is 24.1 Å². The first-order chi connectivity index (χ1) is 15.1. The average Bonchev–Trinajstić information content (AvgIpc) is 3.38. The lowest BCUT2D eigenvalue weighted by atomic mass is 9.98. The van der Waals surface area contributed by atoms with Crippen molar-refractivity contribution >= 4 is 24.0 Å². The molecule has 2 rings (SSSR count). The highest BCUT2D eigenvalue weighted by Gasteiger charge is 2.48. The standard InChI is InChI=1S/C26H39N3O4/c1-10-18-12-11-13-19(15-18)21(22(30)28-25(4,5)6)29(20-14-16(20)2)23(31)17(3)27-24(32)33-26(7,8)9/h10-13,15-17,20-21H,1,14H2,2-9H3,(H,27,32)(H,28,30). The monoisotopic (exact) mass is 457 g/mol. The summed E-state index contributed by atoms with van der Waals surface area (Å²) in [5, 5.41) is 5.66. The van der Waals surface area contributed by atoms with Gasteiger partial charge in [-0.1, -0.05) is 37.8 Å². The molecule has 33 heavy (non-hydrogen) atoms. The highest BCUT2D eigenvalue weighted by molar-refractivity contribution is 5.92. The third-order valence-electron chi connectivity index (χ3n) is 5.27. The van der Waals surface area contributed by atoms with Crippen LogP contribution in [0.4, 0.5) is 4.79 Å². The minimum absolute atomic E-state index is 0.0940. The molecule has 0 bridgehead atoms. The SMILES string of the molecule is C=Cc1cccc(C(C(=O)NC(C)(C)C)N(C(=O)C(C)NC(=O)OC(C)(C)C)C2CC2C)c1. The summed E-state index contributed by atoms with van der Waals surface area (Å²) in [6, 6.07) is 5.68. The Hall–Kier alpha value is -2.83. The van der Waals surface area contributed by atoms with E-state index in [1.807, 2.05) is 45.0 Å². The normalized spacial score (nSPS) is 19.6. The van der Waals surface area contributed by atoms with Gasteiger partial charge in [-0.05, 0) is 78.0 Å². The minimum atomic E-state index is -0.861. The molecule has 1 aromatic rings. The highest BCUT2D eigenvalue weighted by atomic mass is 16.6. The number of carbonyl (C=O) groups excluding carboxylic acids is 3. The van der Waals surface area contributed by atoms with E-state index in [1.165, 1.54) is 0 Å². The Kier molecular flexibility index (Phi) is 7.99. The summed E-state index contributed by atoms with van der Waals surface area (Å²) < 4.78 is 5.31. The van der Waals surface area contributed by atoms with Gasteiger partial charge in [0.1, 0.15) is 17.7 Å². The number of nitrogens with one attached hydrogen (secondary N) is 2. The number of alkyl carbamates (subject to hydrolysis) is 1. The van der Waals surface area contributed by atoms with Gasteiger partial charge in [0.2, 0.25) is 11.8 Å². The molecular formula is C26H39N3O4. The molecular weight excluding hydrogens is 418 g/mol. The van der Waals surface area contributed by atoms with Crippen molar-refractivity contribution < 1.29 is 19.1 Å². The summed E-state index contributed by atoms with van der Waals surface area (Å²) in [5.41, 5.74) is 0.399. The van der Waals surface area contributed by atoms with Crippen molar-refractivity contribution in [2.75, 3.05) is 0 Å². The molecule has 0 radical (unpaired) electrons. The van der Waals surface area contributed by atoms with Crippen LogP contribution in [0.15, 0.2) is 30.8 Å². The van der Waals surface area contributed by atoms with Gasteiger partial charge in [0.05, 0.1) is 0 Å². The number of hydrogen-bond acceptors (Lipinski definition) is 4. The molecule has 1 fully saturated rings. The number of carbonyl (C=O) groups is 3. The molecule has 2 N–H and O–H groups in total. The zero-order chi connectivity index (χ0) is 25.1. The van der Waals surface area contributed by atoms with Crippen molar-refractivity contribution in [1.29, 1.82) is 0 Å². The molecule has 1 aliphatic rings. The van der Waals surface area contributed by atoms with E-state index in [4.69, 9.17) is 4.74 Å². The molecule has 0 spiro atoms. The summed E-state index contributed by atoms with van der Waals surface area (Å²) >= 11 is 0. The van der Waals surface area contributed by atoms with Crippen LogP contribution in [-0.2, 0) is 14.3 Å². The first-order valence-electron chi connectivity index (χ1n) is 11.5. The first kappa shape index (κ1) is 26.4. The van der Waals surface area contributed by atoms with E-state index in [0.29, 0.717) is 5.56 Å². The van der Waals surface area contributed by atoms with Crippen LogP contribution in [0.1, 0.15) is 79.0 Å². The Balaban J connectivity index is 2.43. The fourth-order valence-corrected chi connectivity index (χ4v) is 3.67. The fourth-order valence-electron chi connectivity index (χ4n) is 3.67. The summed E-state index contributed by atoms with van der Waals surface area (Å²) in [6.45, 7) is 18.5. The second kappa shape index (κ2) is 9.98. The van der Waals surface area contributed by atoms with Crippen molar-refractivity contribution in [1.82, 2.24) is 15.5 Å². The largest absolute Gasteiger partial charge is 0.444 e. The second-order valence-electron chi connectivity index (χ2n) is 10.9. The molecule has 7 heteroatoms. The lowest BCUT2D eigenvalue weighted by molar-refractivity contribution is -0.143. The zero-order valence-corrected chi connectivity index (χ0v) is 21.2. The topological polar surface area (TPSA) is 87.7 Å². The van der Waals surface area contributed by atoms with Crippen molar-refractivity contribution in [3.63, 3.8) is 0 Å². The Labute approximate surface area is 197 Å². The average molecular weight is 458 g/mol. The Morgan fingerprint density at radius 3 is 2.27 bits per heavy atom. The Morgan fingerprint density at radius 2 is 1.79 bits per heavy atom. The molecule has 7 nitrogen and oxygen atoms in total. The van der Waals surface area contributed by atoms with E-state index in [1.54, 1.807) is 38.7 Å². The summed E-state index contributed by atoms with van der Waals surface area (Å²) in [4.78, 5) is 41.1. The molecule has 4 atom stereocenters. The van der Waals surface area contributed by atoms with Gasteiger partial charge in [-0.2, -0.15) is 0 Å². The zero-order valence-electron chi connectivity index (χ0n) is 21.2. The molecule has 1 aromatic carbocycles. The number of rotatable bonds is 7. The molecule has 1 saturated carbocycles. The molecule has 3 amide bonds. The molecule has 0 saturated heterocycles. The van der Waals surface area contributed by atoms with E-state index < -0.39 is 29.3 Å². The van der Waals surface area contributed by atoms with Crippen LogP contribution in [0.3, 0.4) is 0 Å². The van der Waals surface area contributed by atoms with Gasteiger partial charge in [-0.3, -0.25) is 9.59 Å².